The molecule has 0 aliphatic heterocycles. The van der Waals surface area contributed by atoms with Gasteiger partial charge in [0.25, 0.3) is 5.91 Å². The molecule has 0 bridgehead atoms. The first kappa shape index (κ1) is 15.7. The summed E-state index contributed by atoms with van der Waals surface area (Å²) in [5, 5.41) is 4.08. The Bertz CT molecular complexity index is 937. The second-order valence-corrected chi connectivity index (χ2v) is 6.58. The molecule has 0 radical (unpaired) electrons. The molecule has 23 heavy (non-hydrogen) atoms. The Morgan fingerprint density at radius 2 is 2.04 bits per heavy atom. The third-order valence-corrected chi connectivity index (χ3v) is 4.73. The lowest BCUT2D eigenvalue weighted by Crippen LogP contribution is -2.15. The Morgan fingerprint density at radius 1 is 1.30 bits per heavy atom. The maximum absolute atomic E-state index is 12.0. The first-order valence-electron chi connectivity index (χ1n) is 6.82. The van der Waals surface area contributed by atoms with E-state index in [0.29, 0.717) is 21.8 Å². The average molecular weight is 348 g/mol. The highest BCUT2D eigenvalue weighted by molar-refractivity contribution is 7.09. The molecule has 3 aromatic rings. The number of aromatic nitrogens is 2. The predicted molar refractivity (Wildman–Crippen MR) is 92.4 cm³/mol. The summed E-state index contributed by atoms with van der Waals surface area (Å²) >= 11 is 7.76. The van der Waals surface area contributed by atoms with E-state index in [4.69, 9.17) is 22.1 Å². The van der Waals surface area contributed by atoms with E-state index in [0.717, 1.165) is 16.0 Å². The Morgan fingerprint density at radius 3 is 2.61 bits per heavy atom. The van der Waals surface area contributed by atoms with Crippen LogP contribution < -0.4 is 10.5 Å². The number of methoxy groups -OCH3 is 1. The molecule has 7 heteroatoms. The van der Waals surface area contributed by atoms with E-state index in [1.54, 1.807) is 6.07 Å². The first-order chi connectivity index (χ1) is 10.9. The van der Waals surface area contributed by atoms with Crippen LogP contribution in [0.2, 0.25) is 5.02 Å². The number of carbonyl (C=O) groups excluding carboxylic acids is 1. The third kappa shape index (κ3) is 2.64. The number of carbonyl (C=O) groups is 1. The normalized spacial score (nSPS) is 11.0. The zero-order chi connectivity index (χ0) is 16.7. The van der Waals surface area contributed by atoms with Crippen molar-refractivity contribution in [3.63, 3.8) is 0 Å². The molecule has 0 unspecified atom stereocenters. The molecule has 2 heterocycles. The summed E-state index contributed by atoms with van der Waals surface area (Å²) in [6, 6.07) is 3.64. The van der Waals surface area contributed by atoms with Crippen molar-refractivity contribution in [3.05, 3.63) is 38.7 Å². The van der Waals surface area contributed by atoms with Crippen LogP contribution in [0.4, 0.5) is 0 Å². The van der Waals surface area contributed by atoms with Gasteiger partial charge in [-0.05, 0) is 31.5 Å². The number of fused-ring (bicyclic) bond motifs is 1. The smallest absolute Gasteiger partial charge is 0.254 e. The first-order valence-corrected chi connectivity index (χ1v) is 8.08. The van der Waals surface area contributed by atoms with Crippen molar-refractivity contribution >= 4 is 39.7 Å². The number of amides is 1. The van der Waals surface area contributed by atoms with Gasteiger partial charge in [0.1, 0.15) is 5.56 Å². The summed E-state index contributed by atoms with van der Waals surface area (Å²) in [6.07, 6.45) is 0. The number of hydrogen-bond donors (Lipinski definition) is 1. The SMILES string of the molecule is COc1nc2cc(C)c(Cl)cc2c(-c2csc(C)n2)c1C(N)=O. The van der Waals surface area contributed by atoms with Crippen LogP contribution >= 0.6 is 22.9 Å². The zero-order valence-electron chi connectivity index (χ0n) is 12.8. The van der Waals surface area contributed by atoms with Gasteiger partial charge in [-0.1, -0.05) is 11.6 Å². The predicted octanol–water partition coefficient (Wildman–Crippen LogP) is 3.74. The van der Waals surface area contributed by atoms with Crippen molar-refractivity contribution in [1.29, 1.82) is 0 Å². The number of primary amides is 1. The van der Waals surface area contributed by atoms with Crippen LogP contribution in [0.1, 0.15) is 20.9 Å². The van der Waals surface area contributed by atoms with Gasteiger partial charge in [-0.15, -0.1) is 11.3 Å². The Hall–Kier alpha value is -2.18. The van der Waals surface area contributed by atoms with Crippen molar-refractivity contribution in [2.75, 3.05) is 7.11 Å². The van der Waals surface area contributed by atoms with E-state index in [-0.39, 0.29) is 11.4 Å². The number of benzene rings is 1. The molecule has 0 fully saturated rings. The molecule has 0 saturated heterocycles. The van der Waals surface area contributed by atoms with E-state index >= 15 is 0 Å². The quantitative estimate of drug-likeness (QED) is 0.782. The second kappa shape index (κ2) is 5.79. The van der Waals surface area contributed by atoms with Gasteiger partial charge in [0.2, 0.25) is 5.88 Å². The van der Waals surface area contributed by atoms with Crippen LogP contribution in [0.25, 0.3) is 22.2 Å². The van der Waals surface area contributed by atoms with Crippen LogP contribution in [0.15, 0.2) is 17.5 Å². The van der Waals surface area contributed by atoms with Crippen molar-refractivity contribution in [2.45, 2.75) is 13.8 Å². The Labute approximate surface area is 142 Å². The van der Waals surface area contributed by atoms with E-state index in [2.05, 4.69) is 9.97 Å². The lowest BCUT2D eigenvalue weighted by Gasteiger charge is -2.14. The number of halogens is 1. The summed E-state index contributed by atoms with van der Waals surface area (Å²) in [5.74, 6) is -0.430. The van der Waals surface area contributed by atoms with Crippen molar-refractivity contribution in [3.8, 4) is 17.1 Å². The van der Waals surface area contributed by atoms with E-state index in [1.165, 1.54) is 18.4 Å². The van der Waals surface area contributed by atoms with Crippen LogP contribution in [0.5, 0.6) is 5.88 Å². The monoisotopic (exact) mass is 347 g/mol. The molecule has 5 nitrogen and oxygen atoms in total. The number of aryl methyl sites for hydroxylation is 2. The molecular weight excluding hydrogens is 334 g/mol. The molecular formula is C16H14ClN3O2S. The van der Waals surface area contributed by atoms with Gasteiger partial charge in [-0.2, -0.15) is 0 Å². The molecule has 118 valence electrons. The van der Waals surface area contributed by atoms with Gasteiger partial charge in [0.05, 0.1) is 23.3 Å². The minimum Gasteiger partial charge on any atom is -0.480 e. The number of rotatable bonds is 3. The summed E-state index contributed by atoms with van der Waals surface area (Å²) in [5.41, 5.74) is 8.62. The van der Waals surface area contributed by atoms with Crippen LogP contribution in [0, 0.1) is 13.8 Å². The van der Waals surface area contributed by atoms with Crippen LogP contribution in [-0.4, -0.2) is 23.0 Å². The molecule has 2 N–H and O–H groups in total. The van der Waals surface area contributed by atoms with Gasteiger partial charge in [-0.25, -0.2) is 9.97 Å². The van der Waals surface area contributed by atoms with Gasteiger partial charge >= 0.3 is 0 Å². The Balaban J connectivity index is 2.51. The molecule has 2 aromatic heterocycles. The highest BCUT2D eigenvalue weighted by atomic mass is 35.5. The van der Waals surface area contributed by atoms with Gasteiger partial charge in [0, 0.05) is 21.4 Å². The summed E-state index contributed by atoms with van der Waals surface area (Å²) in [6.45, 7) is 3.79. The van der Waals surface area contributed by atoms with Crippen LogP contribution in [0.3, 0.4) is 0 Å². The van der Waals surface area contributed by atoms with Gasteiger partial charge in [0.15, 0.2) is 0 Å². The molecule has 0 aliphatic rings. The lowest BCUT2D eigenvalue weighted by atomic mass is 9.99. The van der Waals surface area contributed by atoms with Crippen molar-refractivity contribution < 1.29 is 9.53 Å². The van der Waals surface area contributed by atoms with E-state index in [1.807, 2.05) is 25.3 Å². The highest BCUT2D eigenvalue weighted by Crippen LogP contribution is 2.38. The molecule has 0 saturated carbocycles. The largest absolute Gasteiger partial charge is 0.480 e. The van der Waals surface area contributed by atoms with Gasteiger partial charge < -0.3 is 10.5 Å². The fraction of sp³-hybridized carbons (Fsp3) is 0.188. The third-order valence-electron chi connectivity index (χ3n) is 3.55. The molecule has 0 spiro atoms. The molecule has 1 amide bonds. The van der Waals surface area contributed by atoms with Crippen molar-refractivity contribution in [2.24, 2.45) is 5.73 Å². The van der Waals surface area contributed by atoms with Crippen LogP contribution in [-0.2, 0) is 0 Å². The number of nitrogens with zero attached hydrogens (tertiary/aromatic N) is 2. The lowest BCUT2D eigenvalue weighted by molar-refractivity contribution is 0.0997. The van der Waals surface area contributed by atoms with Gasteiger partial charge in [-0.3, -0.25) is 4.79 Å². The fourth-order valence-corrected chi connectivity index (χ4v) is 3.25. The zero-order valence-corrected chi connectivity index (χ0v) is 14.4. The van der Waals surface area contributed by atoms with E-state index < -0.39 is 5.91 Å². The molecule has 0 aliphatic carbocycles. The number of ether oxygens (including phenoxy) is 1. The fourth-order valence-electron chi connectivity index (χ4n) is 2.49. The topological polar surface area (TPSA) is 78.1 Å². The maximum atomic E-state index is 12.0. The standard InChI is InChI=1S/C16H14ClN3O2S/c1-7-4-11-9(5-10(7)17)13(12-6-23-8(2)19-12)14(15(18)21)16(20-11)22-3/h4-6H,1-3H3,(H2,18,21). The van der Waals surface area contributed by atoms with Crippen molar-refractivity contribution in [1.82, 2.24) is 9.97 Å². The minimum atomic E-state index is -0.617. The number of nitrogens with two attached hydrogens (primary N) is 1. The Kier molecular flexibility index (Phi) is 3.95. The second-order valence-electron chi connectivity index (χ2n) is 5.11. The van der Waals surface area contributed by atoms with E-state index in [9.17, 15) is 4.79 Å². The summed E-state index contributed by atoms with van der Waals surface area (Å²) in [4.78, 5) is 20.9. The maximum Gasteiger partial charge on any atom is 0.254 e. The number of thiazole rings is 1. The molecule has 1 aromatic carbocycles. The summed E-state index contributed by atoms with van der Waals surface area (Å²) < 4.78 is 5.28. The average Bonchev–Trinajstić information content (AvgIpc) is 2.92. The molecule has 3 rings (SSSR count). The highest BCUT2D eigenvalue weighted by Gasteiger charge is 2.23. The minimum absolute atomic E-state index is 0.187. The number of hydrogen-bond acceptors (Lipinski definition) is 5. The summed E-state index contributed by atoms with van der Waals surface area (Å²) in [7, 11) is 1.46. The molecule has 0 atom stereocenters. The number of pyridine rings is 1.